The third-order valence-electron chi connectivity index (χ3n) is 4.91. The van der Waals surface area contributed by atoms with E-state index in [9.17, 15) is 9.18 Å². The molecule has 1 aliphatic carbocycles. The normalized spacial score (nSPS) is 20.0. The maximum Gasteiger partial charge on any atom is 0.411 e. The van der Waals surface area contributed by atoms with Crippen molar-refractivity contribution in [2.24, 2.45) is 0 Å². The van der Waals surface area contributed by atoms with E-state index in [-0.39, 0.29) is 11.9 Å². The van der Waals surface area contributed by atoms with Crippen molar-refractivity contribution in [1.82, 2.24) is 4.90 Å². The number of nitrogens with one attached hydrogen (secondary N) is 1. The van der Waals surface area contributed by atoms with E-state index in [1.807, 2.05) is 30.3 Å². The summed E-state index contributed by atoms with van der Waals surface area (Å²) in [6.07, 6.45) is 3.33. The van der Waals surface area contributed by atoms with E-state index in [0.717, 1.165) is 31.2 Å². The first-order valence-corrected chi connectivity index (χ1v) is 9.02. The molecule has 0 saturated heterocycles. The summed E-state index contributed by atoms with van der Waals surface area (Å²) in [7, 11) is 4.11. The van der Waals surface area contributed by atoms with Crippen molar-refractivity contribution in [2.75, 3.05) is 19.4 Å². The molecule has 2 unspecified atom stereocenters. The molecule has 0 radical (unpaired) electrons. The van der Waals surface area contributed by atoms with Crippen molar-refractivity contribution in [3.05, 3.63) is 54.3 Å². The number of hydrogen-bond donors (Lipinski definition) is 1. The van der Waals surface area contributed by atoms with E-state index in [0.29, 0.717) is 17.3 Å². The Kier molecular flexibility index (Phi) is 5.89. The molecular weight excluding hydrogens is 331 g/mol. The van der Waals surface area contributed by atoms with E-state index < -0.39 is 6.09 Å². The first-order chi connectivity index (χ1) is 12.5. The van der Waals surface area contributed by atoms with Crippen LogP contribution in [0.15, 0.2) is 48.5 Å². The summed E-state index contributed by atoms with van der Waals surface area (Å²) in [5.41, 5.74) is 2.02. The molecule has 2 atom stereocenters. The van der Waals surface area contributed by atoms with Gasteiger partial charge in [-0.2, -0.15) is 0 Å². The highest BCUT2D eigenvalue weighted by Gasteiger charge is 2.26. The molecule has 3 rings (SSSR count). The van der Waals surface area contributed by atoms with Gasteiger partial charge >= 0.3 is 6.09 Å². The maximum atomic E-state index is 13.7. The van der Waals surface area contributed by atoms with Crippen LogP contribution in [-0.2, 0) is 4.74 Å². The Labute approximate surface area is 154 Å². The predicted octanol–water partition coefficient (Wildman–Crippen LogP) is 4.91. The minimum Gasteiger partial charge on any atom is -0.446 e. The fraction of sp³-hybridized carbons (Fsp3) is 0.381. The van der Waals surface area contributed by atoms with Crippen LogP contribution in [-0.4, -0.2) is 37.2 Å². The molecule has 1 amide bonds. The quantitative estimate of drug-likeness (QED) is 0.846. The molecule has 1 fully saturated rings. The summed E-state index contributed by atoms with van der Waals surface area (Å²) < 4.78 is 19.3. The lowest BCUT2D eigenvalue weighted by Crippen LogP contribution is -2.37. The summed E-state index contributed by atoms with van der Waals surface area (Å²) in [5, 5.41) is 2.79. The van der Waals surface area contributed by atoms with Crippen LogP contribution in [0.2, 0.25) is 0 Å². The number of halogens is 1. The molecule has 138 valence electrons. The van der Waals surface area contributed by atoms with Gasteiger partial charge in [0.1, 0.15) is 11.9 Å². The summed E-state index contributed by atoms with van der Waals surface area (Å²) in [5.74, 6) is -0.344. The lowest BCUT2D eigenvalue weighted by atomic mass is 9.92. The Balaban J connectivity index is 1.70. The van der Waals surface area contributed by atoms with Crippen molar-refractivity contribution in [1.29, 1.82) is 0 Å². The van der Waals surface area contributed by atoms with Gasteiger partial charge in [-0.25, -0.2) is 9.18 Å². The molecule has 1 aliphatic rings. The van der Waals surface area contributed by atoms with Gasteiger partial charge in [0.25, 0.3) is 0 Å². The second kappa shape index (κ2) is 8.32. The van der Waals surface area contributed by atoms with Gasteiger partial charge in [0.05, 0.1) is 5.69 Å². The summed E-state index contributed by atoms with van der Waals surface area (Å²) in [4.78, 5) is 14.6. The summed E-state index contributed by atoms with van der Waals surface area (Å²) >= 11 is 0. The molecule has 2 aromatic rings. The molecule has 0 bridgehead atoms. The van der Waals surface area contributed by atoms with Gasteiger partial charge in [0.15, 0.2) is 0 Å². The van der Waals surface area contributed by atoms with Gasteiger partial charge in [0, 0.05) is 11.6 Å². The Hall–Kier alpha value is -2.40. The maximum absolute atomic E-state index is 13.7. The topological polar surface area (TPSA) is 41.6 Å². The second-order valence-electron chi connectivity index (χ2n) is 6.99. The zero-order valence-corrected chi connectivity index (χ0v) is 15.2. The van der Waals surface area contributed by atoms with Crippen LogP contribution in [0.25, 0.3) is 11.1 Å². The lowest BCUT2D eigenvalue weighted by Gasteiger charge is -2.32. The number of amides is 1. The first-order valence-electron chi connectivity index (χ1n) is 9.02. The Bertz CT molecular complexity index is 749. The highest BCUT2D eigenvalue weighted by Crippen LogP contribution is 2.29. The number of carbonyl (C=O) groups excluding carboxylic acids is 1. The smallest absolute Gasteiger partial charge is 0.411 e. The van der Waals surface area contributed by atoms with E-state index in [1.165, 1.54) is 12.1 Å². The predicted molar refractivity (Wildman–Crippen MR) is 102 cm³/mol. The zero-order valence-electron chi connectivity index (χ0n) is 15.2. The van der Waals surface area contributed by atoms with Gasteiger partial charge in [-0.15, -0.1) is 0 Å². The Morgan fingerprint density at radius 1 is 1.15 bits per heavy atom. The minimum absolute atomic E-state index is 0.0863. The third kappa shape index (κ3) is 4.61. The van der Waals surface area contributed by atoms with Gasteiger partial charge in [-0.3, -0.25) is 5.32 Å². The number of benzene rings is 2. The van der Waals surface area contributed by atoms with Crippen LogP contribution in [0.4, 0.5) is 14.9 Å². The number of hydrogen-bond acceptors (Lipinski definition) is 3. The summed E-state index contributed by atoms with van der Waals surface area (Å²) in [6.45, 7) is 0. The van der Waals surface area contributed by atoms with E-state index in [1.54, 1.807) is 6.07 Å². The molecule has 5 heteroatoms. The highest BCUT2D eigenvalue weighted by molar-refractivity contribution is 5.91. The number of rotatable bonds is 4. The molecule has 4 nitrogen and oxygen atoms in total. The second-order valence-corrected chi connectivity index (χ2v) is 6.99. The first kappa shape index (κ1) is 18.4. The van der Waals surface area contributed by atoms with Crippen molar-refractivity contribution in [2.45, 2.75) is 37.8 Å². The summed E-state index contributed by atoms with van der Waals surface area (Å²) in [6, 6.07) is 14.2. The Morgan fingerprint density at radius 2 is 1.92 bits per heavy atom. The van der Waals surface area contributed by atoms with Crippen LogP contribution in [0, 0.1) is 5.82 Å². The molecule has 1 N–H and O–H groups in total. The van der Waals surface area contributed by atoms with E-state index in [4.69, 9.17) is 4.74 Å². The van der Waals surface area contributed by atoms with Crippen LogP contribution >= 0.6 is 0 Å². The standard InChI is InChI=1S/C21H25FN2O2/c1-24(2)17-9-6-10-18(14-17)26-21(25)23-20-12-11-16(22)13-19(20)15-7-4-3-5-8-15/h3-5,7-8,11-13,17-18H,6,9-10,14H2,1-2H3,(H,23,25). The van der Waals surface area contributed by atoms with Crippen molar-refractivity contribution in [3.63, 3.8) is 0 Å². The molecule has 0 heterocycles. The van der Waals surface area contributed by atoms with Crippen molar-refractivity contribution in [3.8, 4) is 11.1 Å². The Morgan fingerprint density at radius 3 is 2.65 bits per heavy atom. The molecule has 0 spiro atoms. The fourth-order valence-corrected chi connectivity index (χ4v) is 3.47. The van der Waals surface area contributed by atoms with Gasteiger partial charge in [0.2, 0.25) is 0 Å². The van der Waals surface area contributed by atoms with Crippen LogP contribution in [0.3, 0.4) is 0 Å². The van der Waals surface area contributed by atoms with Crippen LogP contribution in [0.1, 0.15) is 25.7 Å². The van der Waals surface area contributed by atoms with E-state index >= 15 is 0 Å². The average molecular weight is 356 g/mol. The van der Waals surface area contributed by atoms with Gasteiger partial charge in [-0.05, 0) is 63.5 Å². The molecule has 0 aliphatic heterocycles. The van der Waals surface area contributed by atoms with Crippen molar-refractivity contribution < 1.29 is 13.9 Å². The highest BCUT2D eigenvalue weighted by atomic mass is 19.1. The molecule has 0 aromatic heterocycles. The van der Waals surface area contributed by atoms with Crippen molar-refractivity contribution >= 4 is 11.8 Å². The average Bonchev–Trinajstić information content (AvgIpc) is 2.64. The van der Waals surface area contributed by atoms with E-state index in [2.05, 4.69) is 24.3 Å². The fourth-order valence-electron chi connectivity index (χ4n) is 3.47. The molecule has 1 saturated carbocycles. The molecule has 2 aromatic carbocycles. The zero-order chi connectivity index (χ0) is 18.5. The SMILES string of the molecule is CN(C)C1CCCC(OC(=O)Nc2ccc(F)cc2-c2ccccc2)C1. The third-order valence-corrected chi connectivity index (χ3v) is 4.91. The number of nitrogens with zero attached hydrogens (tertiary/aromatic N) is 1. The number of anilines is 1. The number of ether oxygens (including phenoxy) is 1. The monoisotopic (exact) mass is 356 g/mol. The largest absolute Gasteiger partial charge is 0.446 e. The molecular formula is C21H25FN2O2. The lowest BCUT2D eigenvalue weighted by molar-refractivity contribution is 0.0582. The molecule has 26 heavy (non-hydrogen) atoms. The minimum atomic E-state index is -0.488. The van der Waals surface area contributed by atoms with Gasteiger partial charge in [-0.1, -0.05) is 30.3 Å². The van der Waals surface area contributed by atoms with Crippen LogP contribution in [0.5, 0.6) is 0 Å². The van der Waals surface area contributed by atoms with Crippen LogP contribution < -0.4 is 5.32 Å². The number of carbonyl (C=O) groups is 1. The van der Waals surface area contributed by atoms with Gasteiger partial charge < -0.3 is 9.64 Å².